The fourth-order valence-electron chi connectivity index (χ4n) is 5.28. The van der Waals surface area contributed by atoms with Crippen molar-refractivity contribution in [2.75, 3.05) is 13.1 Å². The Labute approximate surface area is 212 Å². The zero-order valence-corrected chi connectivity index (χ0v) is 21.9. The molecule has 3 rings (SSSR count). The average Bonchev–Trinajstić information content (AvgIpc) is 3.45. The van der Waals surface area contributed by atoms with Crippen molar-refractivity contribution in [2.24, 2.45) is 0 Å². The van der Waals surface area contributed by atoms with E-state index in [0.717, 1.165) is 56.0 Å². The van der Waals surface area contributed by atoms with E-state index in [-0.39, 0.29) is 6.04 Å². The maximum absolute atomic E-state index is 12.6. The Morgan fingerprint density at radius 2 is 1.92 bits per heavy atom. The molecule has 1 aromatic carbocycles. The van der Waals surface area contributed by atoms with Crippen molar-refractivity contribution >= 4 is 5.91 Å². The molecule has 1 N–H and O–H groups in total. The third-order valence-corrected chi connectivity index (χ3v) is 7.17. The zero-order valence-electron chi connectivity index (χ0n) is 21.9. The fraction of sp³-hybridized carbons (Fsp3) is 0.667. The lowest BCUT2D eigenvalue weighted by Gasteiger charge is -2.31. The molecule has 9 heteroatoms. The van der Waals surface area contributed by atoms with Gasteiger partial charge in [0, 0.05) is 31.0 Å². The van der Waals surface area contributed by atoms with Crippen LogP contribution in [0.25, 0.3) is 0 Å². The number of nitrogens with zero attached hydrogens (tertiary/aromatic N) is 4. The van der Waals surface area contributed by atoms with Gasteiger partial charge in [-0.2, -0.15) is 13.2 Å². The van der Waals surface area contributed by atoms with Gasteiger partial charge in [-0.15, -0.1) is 10.2 Å². The van der Waals surface area contributed by atoms with Crippen LogP contribution in [0, 0.1) is 6.92 Å². The standard InChI is InChI=1S/C27H40F3N5O/c1-5-22(35-20(4)32-33-26(35)19(2)3)18-23-12-9-16-34(23)17-14-24(21-10-7-6-8-11-21)31-25(36)13-15-27(28,29)30/h6-8,10-11,19,22-24H,5,9,12-18H2,1-4H3,(H,31,36). The van der Waals surface area contributed by atoms with Gasteiger partial charge in [-0.25, -0.2) is 0 Å². The SMILES string of the molecule is CCC(CC1CCCN1CCC(NC(=O)CCC(F)(F)F)c1ccccc1)n1c(C)nnc1C(C)C. The number of halogens is 3. The average molecular weight is 508 g/mol. The van der Waals surface area contributed by atoms with Crippen molar-refractivity contribution in [1.29, 1.82) is 0 Å². The molecule has 1 saturated heterocycles. The van der Waals surface area contributed by atoms with E-state index < -0.39 is 24.9 Å². The number of aromatic nitrogens is 3. The second-order valence-corrected chi connectivity index (χ2v) is 10.2. The van der Waals surface area contributed by atoms with Crippen molar-refractivity contribution in [3.63, 3.8) is 0 Å². The predicted molar refractivity (Wildman–Crippen MR) is 135 cm³/mol. The molecule has 2 heterocycles. The van der Waals surface area contributed by atoms with Gasteiger partial charge >= 0.3 is 6.18 Å². The topological polar surface area (TPSA) is 63.1 Å². The molecule has 200 valence electrons. The normalized spacial score (nSPS) is 18.5. The molecule has 1 fully saturated rings. The predicted octanol–water partition coefficient (Wildman–Crippen LogP) is 6.11. The lowest BCUT2D eigenvalue weighted by atomic mass is 10.00. The molecule has 1 aromatic heterocycles. The zero-order chi connectivity index (χ0) is 26.3. The first-order chi connectivity index (χ1) is 17.1. The number of amides is 1. The number of benzene rings is 1. The Balaban J connectivity index is 1.66. The van der Waals surface area contributed by atoms with Gasteiger partial charge in [-0.1, -0.05) is 51.1 Å². The Morgan fingerprint density at radius 1 is 1.19 bits per heavy atom. The number of carbonyl (C=O) groups excluding carboxylic acids is 1. The van der Waals surface area contributed by atoms with E-state index in [0.29, 0.717) is 24.4 Å². The van der Waals surface area contributed by atoms with Gasteiger partial charge in [0.05, 0.1) is 12.5 Å². The molecule has 0 bridgehead atoms. The van der Waals surface area contributed by atoms with Crippen LogP contribution in [0.1, 0.15) is 101 Å². The van der Waals surface area contributed by atoms with Crippen molar-refractivity contribution < 1.29 is 18.0 Å². The molecule has 3 unspecified atom stereocenters. The molecule has 0 aliphatic carbocycles. The van der Waals surface area contributed by atoms with Crippen LogP contribution < -0.4 is 5.32 Å². The largest absolute Gasteiger partial charge is 0.389 e. The summed E-state index contributed by atoms with van der Waals surface area (Å²) in [6.45, 7) is 10.3. The summed E-state index contributed by atoms with van der Waals surface area (Å²) in [5, 5.41) is 11.6. The third kappa shape index (κ3) is 7.79. The molecule has 2 aromatic rings. The third-order valence-electron chi connectivity index (χ3n) is 7.17. The van der Waals surface area contributed by atoms with Gasteiger partial charge in [0.25, 0.3) is 0 Å². The minimum absolute atomic E-state index is 0.299. The molecule has 0 radical (unpaired) electrons. The van der Waals surface area contributed by atoms with Gasteiger partial charge in [-0.05, 0) is 51.1 Å². The van der Waals surface area contributed by atoms with Gasteiger partial charge in [0.1, 0.15) is 11.6 Å². The monoisotopic (exact) mass is 507 g/mol. The number of hydrogen-bond donors (Lipinski definition) is 1. The van der Waals surface area contributed by atoms with E-state index in [9.17, 15) is 18.0 Å². The molecule has 1 aliphatic heterocycles. The summed E-state index contributed by atoms with van der Waals surface area (Å²) in [5.41, 5.74) is 0.918. The number of aryl methyl sites for hydroxylation is 1. The van der Waals surface area contributed by atoms with Crippen LogP contribution in [-0.2, 0) is 4.79 Å². The van der Waals surface area contributed by atoms with Crippen molar-refractivity contribution in [2.45, 2.75) is 103 Å². The van der Waals surface area contributed by atoms with Crippen LogP contribution in [0.3, 0.4) is 0 Å². The van der Waals surface area contributed by atoms with Gasteiger partial charge in [0.2, 0.25) is 5.91 Å². The van der Waals surface area contributed by atoms with Gasteiger partial charge in [0.15, 0.2) is 0 Å². The summed E-state index contributed by atoms with van der Waals surface area (Å²) in [5.74, 6) is 1.71. The molecule has 1 amide bonds. The smallest absolute Gasteiger partial charge is 0.349 e. The number of hydrogen-bond acceptors (Lipinski definition) is 4. The number of alkyl halides is 3. The summed E-state index contributed by atoms with van der Waals surface area (Å²) in [7, 11) is 0. The highest BCUT2D eigenvalue weighted by Crippen LogP contribution is 2.31. The van der Waals surface area contributed by atoms with E-state index in [1.807, 2.05) is 37.3 Å². The highest BCUT2D eigenvalue weighted by atomic mass is 19.4. The van der Waals surface area contributed by atoms with Crippen LogP contribution >= 0.6 is 0 Å². The van der Waals surface area contributed by atoms with Crippen LogP contribution in [0.15, 0.2) is 30.3 Å². The first kappa shape index (κ1) is 28.2. The number of carbonyl (C=O) groups is 1. The van der Waals surface area contributed by atoms with E-state index in [1.54, 1.807) is 0 Å². The minimum Gasteiger partial charge on any atom is -0.349 e. The molecule has 3 atom stereocenters. The minimum atomic E-state index is -4.34. The fourth-order valence-corrected chi connectivity index (χ4v) is 5.28. The summed E-state index contributed by atoms with van der Waals surface area (Å²) < 4.78 is 40.1. The molecule has 0 saturated carbocycles. The highest BCUT2D eigenvalue weighted by molar-refractivity contribution is 5.76. The number of nitrogens with one attached hydrogen (secondary N) is 1. The van der Waals surface area contributed by atoms with E-state index in [4.69, 9.17) is 0 Å². The lowest BCUT2D eigenvalue weighted by molar-refractivity contribution is -0.144. The van der Waals surface area contributed by atoms with E-state index in [1.165, 1.54) is 0 Å². The van der Waals surface area contributed by atoms with Crippen LogP contribution in [0.5, 0.6) is 0 Å². The van der Waals surface area contributed by atoms with E-state index in [2.05, 4.69) is 45.8 Å². The Hall–Kier alpha value is -2.42. The molecule has 6 nitrogen and oxygen atoms in total. The Bertz CT molecular complexity index is 960. The second-order valence-electron chi connectivity index (χ2n) is 10.2. The Kier molecular flexibility index (Phi) is 9.93. The van der Waals surface area contributed by atoms with Crippen molar-refractivity contribution in [3.8, 4) is 0 Å². The second kappa shape index (κ2) is 12.7. The van der Waals surface area contributed by atoms with E-state index >= 15 is 0 Å². The molecule has 0 spiro atoms. The maximum Gasteiger partial charge on any atom is 0.389 e. The number of rotatable bonds is 12. The van der Waals surface area contributed by atoms with Crippen molar-refractivity contribution in [3.05, 3.63) is 47.5 Å². The summed E-state index contributed by atoms with van der Waals surface area (Å²) in [4.78, 5) is 14.8. The quantitative estimate of drug-likeness (QED) is 0.377. The first-order valence-corrected chi connectivity index (χ1v) is 13.2. The van der Waals surface area contributed by atoms with Gasteiger partial charge < -0.3 is 14.8 Å². The van der Waals surface area contributed by atoms with Crippen LogP contribution in [-0.4, -0.2) is 50.9 Å². The van der Waals surface area contributed by atoms with Crippen LogP contribution in [0.4, 0.5) is 13.2 Å². The number of likely N-dealkylation sites (tertiary alicyclic amines) is 1. The molecule has 1 aliphatic rings. The van der Waals surface area contributed by atoms with Crippen molar-refractivity contribution in [1.82, 2.24) is 25.0 Å². The first-order valence-electron chi connectivity index (χ1n) is 13.2. The lowest BCUT2D eigenvalue weighted by Crippen LogP contribution is -2.36. The maximum atomic E-state index is 12.6. The van der Waals surface area contributed by atoms with Gasteiger partial charge in [-0.3, -0.25) is 4.79 Å². The summed E-state index contributed by atoms with van der Waals surface area (Å²) >= 11 is 0. The Morgan fingerprint density at radius 3 is 2.56 bits per heavy atom. The van der Waals surface area contributed by atoms with Crippen LogP contribution in [0.2, 0.25) is 0 Å². The molecular weight excluding hydrogens is 467 g/mol. The highest BCUT2D eigenvalue weighted by Gasteiger charge is 2.31. The molecular formula is C27H40F3N5O. The summed E-state index contributed by atoms with van der Waals surface area (Å²) in [6, 6.07) is 9.93. The summed E-state index contributed by atoms with van der Waals surface area (Å²) in [6.07, 6.45) is -1.11. The molecule has 36 heavy (non-hydrogen) atoms.